The molecule has 0 aliphatic rings. The third-order valence-corrected chi connectivity index (χ3v) is 2.31. The Labute approximate surface area is 150 Å². The Morgan fingerprint density at radius 1 is 0.808 bits per heavy atom. The van der Waals surface area contributed by atoms with E-state index in [0.29, 0.717) is 0 Å². The molecule has 0 aromatic heterocycles. The van der Waals surface area contributed by atoms with Crippen LogP contribution < -0.4 is 21.4 Å². The first-order valence-corrected chi connectivity index (χ1v) is 7.51. The van der Waals surface area contributed by atoms with Crippen LogP contribution in [0.15, 0.2) is 0 Å². The van der Waals surface area contributed by atoms with Crippen LogP contribution in [0, 0.1) is 0 Å². The molecule has 0 saturated heterocycles. The summed E-state index contributed by atoms with van der Waals surface area (Å²) in [5.41, 5.74) is 1.20. The maximum absolute atomic E-state index is 11.5. The second-order valence-electron chi connectivity index (χ2n) is 5.80. The van der Waals surface area contributed by atoms with Crippen molar-refractivity contribution < 1.29 is 38.3 Å². The summed E-state index contributed by atoms with van der Waals surface area (Å²) >= 11 is 0. The molecule has 4 N–H and O–H groups in total. The van der Waals surface area contributed by atoms with Crippen LogP contribution in [0.3, 0.4) is 0 Å². The molecule has 0 spiro atoms. The molecule has 0 atom stereocenters. The highest BCUT2D eigenvalue weighted by Crippen LogP contribution is 2.06. The molecule has 0 unspecified atom stereocenters. The summed E-state index contributed by atoms with van der Waals surface area (Å²) < 4.78 is 9.20. The first-order valence-electron chi connectivity index (χ1n) is 7.51. The minimum Gasteiger partial charge on any atom is -0.468 e. The van der Waals surface area contributed by atoms with E-state index < -0.39 is 48.5 Å². The van der Waals surface area contributed by atoms with Gasteiger partial charge in [0, 0.05) is 0 Å². The molecule has 0 aromatic rings. The molecule has 4 amide bonds. The average molecular weight is 376 g/mol. The Hall–Kier alpha value is -2.89. The van der Waals surface area contributed by atoms with Crippen molar-refractivity contribution in [3.63, 3.8) is 0 Å². The maximum Gasteiger partial charge on any atom is 0.431 e. The van der Waals surface area contributed by atoms with Gasteiger partial charge < -0.3 is 25.4 Å². The number of carbonyl (C=O) groups excluding carboxylic acids is 5. The van der Waals surface area contributed by atoms with Gasteiger partial charge >= 0.3 is 12.1 Å². The van der Waals surface area contributed by atoms with Crippen LogP contribution in [0.5, 0.6) is 0 Å². The Morgan fingerprint density at radius 2 is 1.31 bits per heavy atom. The number of rotatable bonds is 9. The second-order valence-corrected chi connectivity index (χ2v) is 5.80. The van der Waals surface area contributed by atoms with Crippen molar-refractivity contribution in [1.29, 1.82) is 0 Å². The van der Waals surface area contributed by atoms with E-state index in [1.54, 1.807) is 20.8 Å². The zero-order valence-corrected chi connectivity index (χ0v) is 15.1. The predicted molar refractivity (Wildman–Crippen MR) is 86.4 cm³/mol. The van der Waals surface area contributed by atoms with Gasteiger partial charge in [-0.3, -0.25) is 24.0 Å². The number of carbonyl (C=O) groups is 5. The first-order chi connectivity index (χ1) is 12.0. The molecule has 148 valence electrons. The van der Waals surface area contributed by atoms with Crippen LogP contribution in [0.4, 0.5) is 4.79 Å². The first kappa shape index (κ1) is 23.1. The zero-order valence-electron chi connectivity index (χ0n) is 15.1. The normalized spacial score (nSPS) is 10.3. The van der Waals surface area contributed by atoms with Gasteiger partial charge in [0.15, 0.2) is 6.61 Å². The molecule has 12 heteroatoms. The molecular weight excluding hydrogens is 352 g/mol. The van der Waals surface area contributed by atoms with E-state index in [9.17, 15) is 24.0 Å². The monoisotopic (exact) mass is 376 g/mol. The fourth-order valence-electron chi connectivity index (χ4n) is 1.24. The van der Waals surface area contributed by atoms with Gasteiger partial charge in [0.1, 0.15) is 12.1 Å². The smallest absolute Gasteiger partial charge is 0.431 e. The molecule has 0 heterocycles. The quantitative estimate of drug-likeness (QED) is 0.264. The Balaban J connectivity index is 3.82. The lowest BCUT2D eigenvalue weighted by Gasteiger charge is -2.19. The molecule has 0 aromatic carbocycles. The van der Waals surface area contributed by atoms with E-state index in [2.05, 4.69) is 25.5 Å². The van der Waals surface area contributed by atoms with Gasteiger partial charge in [0.05, 0.1) is 20.2 Å². The fourth-order valence-corrected chi connectivity index (χ4v) is 1.24. The van der Waals surface area contributed by atoms with E-state index >= 15 is 0 Å². The predicted octanol–water partition coefficient (Wildman–Crippen LogP) is -2.04. The van der Waals surface area contributed by atoms with Gasteiger partial charge in [-0.1, -0.05) is 0 Å². The lowest BCUT2D eigenvalue weighted by atomic mass is 10.2. The zero-order chi connectivity index (χ0) is 20.2. The topological polar surface area (TPSA) is 161 Å². The van der Waals surface area contributed by atoms with Crippen LogP contribution in [-0.4, -0.2) is 68.7 Å². The van der Waals surface area contributed by atoms with Crippen molar-refractivity contribution in [2.24, 2.45) is 0 Å². The van der Waals surface area contributed by atoms with Gasteiger partial charge in [-0.2, -0.15) is 5.48 Å². The van der Waals surface area contributed by atoms with Gasteiger partial charge in [0.25, 0.3) is 0 Å². The lowest BCUT2D eigenvalue weighted by molar-refractivity contribution is -0.141. The minimum absolute atomic E-state index is 0.316. The molecule has 0 saturated carbocycles. The Morgan fingerprint density at radius 3 is 1.81 bits per heavy atom. The number of hydrogen-bond acceptors (Lipinski definition) is 8. The average Bonchev–Trinajstić information content (AvgIpc) is 2.54. The molecule has 0 aliphatic carbocycles. The van der Waals surface area contributed by atoms with Crippen LogP contribution in [0.25, 0.3) is 0 Å². The van der Waals surface area contributed by atoms with Crippen LogP contribution in [0.1, 0.15) is 20.8 Å². The molecule has 0 rings (SSSR count). The maximum atomic E-state index is 11.5. The van der Waals surface area contributed by atoms with Gasteiger partial charge in [0.2, 0.25) is 17.7 Å². The summed E-state index contributed by atoms with van der Waals surface area (Å²) in [6, 6.07) is 0. The van der Waals surface area contributed by atoms with Crippen molar-refractivity contribution in [2.75, 3.05) is 33.4 Å². The summed E-state index contributed by atoms with van der Waals surface area (Å²) in [5, 5.41) is 6.67. The molecule has 0 bridgehead atoms. The Kier molecular flexibility index (Phi) is 10.3. The highest BCUT2D eigenvalue weighted by Gasteiger charge is 2.16. The number of amides is 4. The van der Waals surface area contributed by atoms with Crippen molar-refractivity contribution >= 4 is 29.8 Å². The van der Waals surface area contributed by atoms with Gasteiger partial charge in [-0.05, 0) is 20.8 Å². The summed E-state index contributed by atoms with van der Waals surface area (Å²) in [6.45, 7) is 3.35. The van der Waals surface area contributed by atoms with E-state index in [1.165, 1.54) is 7.11 Å². The van der Waals surface area contributed by atoms with Crippen molar-refractivity contribution in [3.05, 3.63) is 0 Å². The lowest BCUT2D eigenvalue weighted by Crippen LogP contribution is -2.44. The Bertz CT molecular complexity index is 530. The molecule has 0 fully saturated rings. The van der Waals surface area contributed by atoms with Crippen molar-refractivity contribution in [3.8, 4) is 0 Å². The van der Waals surface area contributed by atoms with Gasteiger partial charge in [-0.15, -0.1) is 0 Å². The summed E-state index contributed by atoms with van der Waals surface area (Å²) in [4.78, 5) is 60.9. The molecule has 0 aliphatic heterocycles. The molecular formula is C14H24N4O8. The minimum atomic E-state index is -0.860. The van der Waals surface area contributed by atoms with E-state index in [-0.39, 0.29) is 13.1 Å². The standard InChI is InChI=1S/C14H24N4O8/c1-14(2,3)26-13(23)18-25-8-11(21)16-6-9(19)15-5-10(20)17-7-12(22)24-4/h5-8H2,1-4H3,(H,15,19)(H,16,21)(H,17,20)(H,18,23). The summed E-state index contributed by atoms with van der Waals surface area (Å²) in [6.07, 6.45) is -0.860. The molecule has 12 nitrogen and oxygen atoms in total. The second kappa shape index (κ2) is 11.6. The van der Waals surface area contributed by atoms with E-state index in [4.69, 9.17) is 4.74 Å². The van der Waals surface area contributed by atoms with Crippen LogP contribution in [-0.2, 0) is 33.5 Å². The SMILES string of the molecule is COC(=O)CNC(=O)CNC(=O)CNC(=O)CONC(=O)OC(C)(C)C. The van der Waals surface area contributed by atoms with E-state index in [0.717, 1.165) is 0 Å². The number of ether oxygens (including phenoxy) is 2. The van der Waals surface area contributed by atoms with Crippen LogP contribution >= 0.6 is 0 Å². The molecule has 0 radical (unpaired) electrons. The van der Waals surface area contributed by atoms with Gasteiger partial charge in [-0.25, -0.2) is 4.79 Å². The summed E-state index contributed by atoms with van der Waals surface area (Å²) in [7, 11) is 1.17. The van der Waals surface area contributed by atoms with E-state index in [1.807, 2.05) is 5.48 Å². The third-order valence-electron chi connectivity index (χ3n) is 2.31. The number of esters is 1. The number of nitrogens with one attached hydrogen (secondary N) is 4. The number of hydroxylamine groups is 1. The van der Waals surface area contributed by atoms with Crippen LogP contribution in [0.2, 0.25) is 0 Å². The molecule has 26 heavy (non-hydrogen) atoms. The largest absolute Gasteiger partial charge is 0.468 e. The number of methoxy groups -OCH3 is 1. The summed E-state index contributed by atoms with van der Waals surface area (Å²) in [5.74, 6) is -2.53. The third kappa shape index (κ3) is 13.5. The highest BCUT2D eigenvalue weighted by molar-refractivity contribution is 5.89. The van der Waals surface area contributed by atoms with Crippen molar-refractivity contribution in [2.45, 2.75) is 26.4 Å². The number of hydrogen-bond donors (Lipinski definition) is 4. The highest BCUT2D eigenvalue weighted by atomic mass is 16.7. The fraction of sp³-hybridized carbons (Fsp3) is 0.643. The van der Waals surface area contributed by atoms with Crippen molar-refractivity contribution in [1.82, 2.24) is 21.4 Å².